The van der Waals surface area contributed by atoms with Gasteiger partial charge in [-0.3, -0.25) is 4.79 Å². The van der Waals surface area contributed by atoms with E-state index in [9.17, 15) is 9.18 Å². The van der Waals surface area contributed by atoms with Crippen LogP contribution in [0.3, 0.4) is 0 Å². The maximum Gasteiger partial charge on any atom is 0.248 e. The second kappa shape index (κ2) is 7.45. The van der Waals surface area contributed by atoms with Crippen LogP contribution in [-0.2, 0) is 4.79 Å². The van der Waals surface area contributed by atoms with E-state index in [1.165, 1.54) is 18.2 Å². The molecule has 0 saturated carbocycles. The number of halogens is 1. The molecule has 2 aromatic carbocycles. The Morgan fingerprint density at radius 2 is 1.91 bits per heavy atom. The van der Waals surface area contributed by atoms with Crippen LogP contribution in [0.2, 0.25) is 0 Å². The summed E-state index contributed by atoms with van der Waals surface area (Å²) in [6, 6.07) is 9.53. The van der Waals surface area contributed by atoms with Crippen molar-refractivity contribution in [2.24, 2.45) is 0 Å². The fourth-order valence-electron chi connectivity index (χ4n) is 2.04. The fourth-order valence-corrected chi connectivity index (χ4v) is 2.04. The van der Waals surface area contributed by atoms with Crippen LogP contribution in [0.25, 0.3) is 6.08 Å². The normalized spacial score (nSPS) is 10.6. The monoisotopic (exact) mass is 315 g/mol. The molecule has 1 amide bonds. The third-order valence-electron chi connectivity index (χ3n) is 3.31. The molecule has 120 valence electrons. The summed E-state index contributed by atoms with van der Waals surface area (Å²) in [4.78, 5) is 12.0. The first-order valence-electron chi connectivity index (χ1n) is 7.00. The third-order valence-corrected chi connectivity index (χ3v) is 3.31. The number of nitrogens with one attached hydrogen (secondary N) is 1. The summed E-state index contributed by atoms with van der Waals surface area (Å²) in [6.45, 7) is 1.80. The summed E-state index contributed by atoms with van der Waals surface area (Å²) < 4.78 is 23.6. The predicted molar refractivity (Wildman–Crippen MR) is 88.3 cm³/mol. The molecule has 0 aliphatic carbocycles. The zero-order valence-electron chi connectivity index (χ0n) is 13.2. The van der Waals surface area contributed by atoms with Crippen molar-refractivity contribution in [1.29, 1.82) is 0 Å². The number of rotatable bonds is 5. The number of anilines is 1. The Morgan fingerprint density at radius 1 is 1.13 bits per heavy atom. The Labute approximate surface area is 134 Å². The van der Waals surface area contributed by atoms with Gasteiger partial charge in [-0.2, -0.15) is 0 Å². The largest absolute Gasteiger partial charge is 0.497 e. The van der Waals surface area contributed by atoms with Crippen molar-refractivity contribution in [3.8, 4) is 11.5 Å². The number of carbonyl (C=O) groups is 1. The molecule has 1 N–H and O–H groups in total. The number of aryl methyl sites for hydroxylation is 1. The van der Waals surface area contributed by atoms with Crippen molar-refractivity contribution in [3.63, 3.8) is 0 Å². The third kappa shape index (κ3) is 4.32. The van der Waals surface area contributed by atoms with Gasteiger partial charge in [0.25, 0.3) is 0 Å². The van der Waals surface area contributed by atoms with Gasteiger partial charge in [-0.1, -0.05) is 6.07 Å². The first-order valence-corrected chi connectivity index (χ1v) is 7.00. The molecule has 2 rings (SSSR count). The number of amides is 1. The Balaban J connectivity index is 2.16. The van der Waals surface area contributed by atoms with Crippen molar-refractivity contribution in [1.82, 2.24) is 0 Å². The minimum Gasteiger partial charge on any atom is -0.497 e. The molecule has 5 heteroatoms. The smallest absolute Gasteiger partial charge is 0.248 e. The SMILES string of the molecule is COc1ccc(OC)c(/C=C/C(=O)Nc2cc(F)ccc2C)c1. The summed E-state index contributed by atoms with van der Waals surface area (Å²) in [5, 5.41) is 2.65. The molecule has 0 aliphatic heterocycles. The van der Waals surface area contributed by atoms with Crippen LogP contribution in [0.4, 0.5) is 10.1 Å². The summed E-state index contributed by atoms with van der Waals surface area (Å²) in [5.41, 5.74) is 1.93. The molecule has 0 saturated heterocycles. The highest BCUT2D eigenvalue weighted by Crippen LogP contribution is 2.25. The van der Waals surface area contributed by atoms with Gasteiger partial charge in [0, 0.05) is 17.3 Å². The average molecular weight is 315 g/mol. The van der Waals surface area contributed by atoms with E-state index in [-0.39, 0.29) is 5.91 Å². The van der Waals surface area contributed by atoms with Crippen LogP contribution in [0.15, 0.2) is 42.5 Å². The Hall–Kier alpha value is -2.82. The molecule has 0 aliphatic rings. The molecule has 0 spiro atoms. The lowest BCUT2D eigenvalue weighted by molar-refractivity contribution is -0.111. The molecule has 0 atom stereocenters. The van der Waals surface area contributed by atoms with E-state index in [0.717, 1.165) is 5.56 Å². The van der Waals surface area contributed by atoms with Crippen LogP contribution >= 0.6 is 0 Å². The molecule has 4 nitrogen and oxygen atoms in total. The number of benzene rings is 2. The predicted octanol–water partition coefficient (Wildman–Crippen LogP) is 3.80. The lowest BCUT2D eigenvalue weighted by Crippen LogP contribution is -2.09. The number of carbonyl (C=O) groups excluding carboxylic acids is 1. The van der Waals surface area contributed by atoms with Crippen LogP contribution in [-0.4, -0.2) is 20.1 Å². The highest BCUT2D eigenvalue weighted by molar-refractivity contribution is 6.02. The molecule has 0 unspecified atom stereocenters. The molecule has 0 radical (unpaired) electrons. The second-order valence-corrected chi connectivity index (χ2v) is 4.89. The number of hydrogen-bond acceptors (Lipinski definition) is 3. The van der Waals surface area contributed by atoms with E-state index in [1.54, 1.807) is 51.5 Å². The van der Waals surface area contributed by atoms with Gasteiger partial charge in [-0.05, 0) is 48.9 Å². The minimum atomic E-state index is -0.399. The van der Waals surface area contributed by atoms with E-state index in [1.807, 2.05) is 0 Å². The highest BCUT2D eigenvalue weighted by Gasteiger charge is 2.05. The zero-order chi connectivity index (χ0) is 16.8. The standard InChI is InChI=1S/C18H18FNO3/c1-12-4-6-14(19)11-16(12)20-18(21)9-5-13-10-15(22-2)7-8-17(13)23-3/h4-11H,1-3H3,(H,20,21)/b9-5+. The maximum absolute atomic E-state index is 13.2. The maximum atomic E-state index is 13.2. The zero-order valence-corrected chi connectivity index (χ0v) is 13.2. The minimum absolute atomic E-state index is 0.358. The van der Waals surface area contributed by atoms with Gasteiger partial charge < -0.3 is 14.8 Å². The summed E-state index contributed by atoms with van der Waals surface area (Å²) in [5.74, 6) is 0.525. The second-order valence-electron chi connectivity index (χ2n) is 4.89. The van der Waals surface area contributed by atoms with Gasteiger partial charge in [0.2, 0.25) is 5.91 Å². The van der Waals surface area contributed by atoms with E-state index < -0.39 is 5.82 Å². The number of methoxy groups -OCH3 is 2. The fraction of sp³-hybridized carbons (Fsp3) is 0.167. The van der Waals surface area contributed by atoms with Crippen LogP contribution < -0.4 is 14.8 Å². The Morgan fingerprint density at radius 3 is 2.61 bits per heavy atom. The topological polar surface area (TPSA) is 47.6 Å². The highest BCUT2D eigenvalue weighted by atomic mass is 19.1. The van der Waals surface area contributed by atoms with Crippen LogP contribution in [0.5, 0.6) is 11.5 Å². The summed E-state index contributed by atoms with van der Waals surface area (Å²) >= 11 is 0. The molecule has 0 fully saturated rings. The lowest BCUT2D eigenvalue weighted by Gasteiger charge is -2.08. The Kier molecular flexibility index (Phi) is 5.36. The van der Waals surface area contributed by atoms with Gasteiger partial charge >= 0.3 is 0 Å². The molecule has 23 heavy (non-hydrogen) atoms. The molecule has 2 aromatic rings. The van der Waals surface area contributed by atoms with Gasteiger partial charge in [0.1, 0.15) is 17.3 Å². The van der Waals surface area contributed by atoms with Crippen molar-refractivity contribution < 1.29 is 18.7 Å². The van der Waals surface area contributed by atoms with Crippen LogP contribution in [0, 0.1) is 12.7 Å². The molecule has 0 aromatic heterocycles. The van der Waals surface area contributed by atoms with Gasteiger partial charge in [0.15, 0.2) is 0 Å². The van der Waals surface area contributed by atoms with Crippen molar-refractivity contribution in [2.75, 3.05) is 19.5 Å². The quantitative estimate of drug-likeness (QED) is 0.854. The summed E-state index contributed by atoms with van der Waals surface area (Å²) in [6.07, 6.45) is 2.98. The molecular weight excluding hydrogens is 297 g/mol. The lowest BCUT2D eigenvalue weighted by atomic mass is 10.1. The number of ether oxygens (including phenoxy) is 2. The van der Waals surface area contributed by atoms with Crippen molar-refractivity contribution in [3.05, 3.63) is 59.4 Å². The Bertz CT molecular complexity index is 741. The van der Waals surface area contributed by atoms with Crippen LogP contribution in [0.1, 0.15) is 11.1 Å². The number of hydrogen-bond donors (Lipinski definition) is 1. The molecular formula is C18H18FNO3. The van der Waals surface area contributed by atoms with E-state index in [0.29, 0.717) is 22.7 Å². The van der Waals surface area contributed by atoms with Crippen molar-refractivity contribution in [2.45, 2.75) is 6.92 Å². The first-order chi connectivity index (χ1) is 11.0. The molecule has 0 heterocycles. The van der Waals surface area contributed by atoms with Gasteiger partial charge in [0.05, 0.1) is 14.2 Å². The molecule has 0 bridgehead atoms. The summed E-state index contributed by atoms with van der Waals surface area (Å²) in [7, 11) is 3.12. The first kappa shape index (κ1) is 16.5. The van der Waals surface area contributed by atoms with E-state index in [4.69, 9.17) is 9.47 Å². The van der Waals surface area contributed by atoms with E-state index in [2.05, 4.69) is 5.32 Å². The van der Waals surface area contributed by atoms with Gasteiger partial charge in [-0.25, -0.2) is 4.39 Å². The van der Waals surface area contributed by atoms with Crippen molar-refractivity contribution >= 4 is 17.7 Å². The van der Waals surface area contributed by atoms with Gasteiger partial charge in [-0.15, -0.1) is 0 Å². The van der Waals surface area contributed by atoms with E-state index >= 15 is 0 Å². The average Bonchev–Trinajstić information content (AvgIpc) is 2.56.